The topological polar surface area (TPSA) is 58.6 Å². The largest absolute Gasteiger partial charge is 0.484 e. The van der Waals surface area contributed by atoms with Crippen LogP contribution < -0.4 is 10.1 Å². The van der Waals surface area contributed by atoms with Crippen LogP contribution in [0.1, 0.15) is 55.7 Å². The van der Waals surface area contributed by atoms with Gasteiger partial charge in [-0.1, -0.05) is 43.5 Å². The Balaban J connectivity index is 1.77. The lowest BCUT2D eigenvalue weighted by Crippen LogP contribution is -2.52. The SMILES string of the molecule is CC[C@H](C(=O)NC1CCCC1)N(Cc1ccc(F)cc1)C(=O)COc1cc(C)c(Cl)c(C)c1. The third-order valence-corrected chi connectivity index (χ3v) is 6.72. The quantitative estimate of drug-likeness (QED) is 0.533. The maximum Gasteiger partial charge on any atom is 0.261 e. The van der Waals surface area contributed by atoms with Crippen LogP contribution in [-0.2, 0) is 16.1 Å². The average Bonchev–Trinajstić information content (AvgIpc) is 3.29. The lowest BCUT2D eigenvalue weighted by atomic mass is 10.1. The van der Waals surface area contributed by atoms with Crippen molar-refractivity contribution in [2.45, 2.75) is 71.5 Å². The van der Waals surface area contributed by atoms with E-state index in [1.165, 1.54) is 17.0 Å². The molecule has 2 aromatic carbocycles. The van der Waals surface area contributed by atoms with E-state index < -0.39 is 6.04 Å². The smallest absolute Gasteiger partial charge is 0.261 e. The van der Waals surface area contributed by atoms with Gasteiger partial charge in [-0.05, 0) is 74.1 Å². The van der Waals surface area contributed by atoms with E-state index in [4.69, 9.17) is 16.3 Å². The minimum absolute atomic E-state index is 0.155. The van der Waals surface area contributed by atoms with Gasteiger partial charge in [-0.25, -0.2) is 4.39 Å². The number of hydrogen-bond donors (Lipinski definition) is 1. The van der Waals surface area contributed by atoms with Gasteiger partial charge in [0.25, 0.3) is 5.91 Å². The Labute approximate surface area is 200 Å². The molecule has 0 radical (unpaired) electrons. The Morgan fingerprint density at radius 3 is 2.33 bits per heavy atom. The molecule has 0 aliphatic heterocycles. The van der Waals surface area contributed by atoms with E-state index in [0.717, 1.165) is 42.4 Å². The summed E-state index contributed by atoms with van der Waals surface area (Å²) >= 11 is 6.23. The molecule has 7 heteroatoms. The number of halogens is 2. The third kappa shape index (κ3) is 6.70. The van der Waals surface area contributed by atoms with Crippen molar-refractivity contribution in [1.82, 2.24) is 10.2 Å². The lowest BCUT2D eigenvalue weighted by Gasteiger charge is -2.31. The highest BCUT2D eigenvalue weighted by Gasteiger charge is 2.31. The normalized spacial score (nSPS) is 14.7. The van der Waals surface area contributed by atoms with Crippen LogP contribution in [-0.4, -0.2) is 35.4 Å². The van der Waals surface area contributed by atoms with Crippen LogP contribution in [0.5, 0.6) is 5.75 Å². The number of hydrogen-bond acceptors (Lipinski definition) is 3. The maximum atomic E-state index is 13.4. The first-order chi connectivity index (χ1) is 15.8. The molecule has 33 heavy (non-hydrogen) atoms. The van der Waals surface area contributed by atoms with E-state index in [-0.39, 0.29) is 36.8 Å². The Bertz CT molecular complexity index is 951. The summed E-state index contributed by atoms with van der Waals surface area (Å²) in [7, 11) is 0. The first-order valence-corrected chi connectivity index (χ1v) is 11.9. The molecule has 0 unspecified atom stereocenters. The minimum atomic E-state index is -0.638. The zero-order chi connectivity index (χ0) is 24.0. The van der Waals surface area contributed by atoms with Crippen molar-refractivity contribution in [3.05, 3.63) is 63.9 Å². The molecule has 178 valence electrons. The lowest BCUT2D eigenvalue weighted by molar-refractivity contribution is -0.143. The van der Waals surface area contributed by atoms with Gasteiger partial charge in [0.1, 0.15) is 17.6 Å². The Hall–Kier alpha value is -2.60. The Morgan fingerprint density at radius 1 is 1.15 bits per heavy atom. The first kappa shape index (κ1) is 25.0. The predicted molar refractivity (Wildman–Crippen MR) is 128 cm³/mol. The van der Waals surface area contributed by atoms with Gasteiger partial charge in [-0.15, -0.1) is 0 Å². The van der Waals surface area contributed by atoms with E-state index in [2.05, 4.69) is 5.32 Å². The van der Waals surface area contributed by atoms with Crippen molar-refractivity contribution in [3.8, 4) is 5.75 Å². The third-order valence-electron chi connectivity index (χ3n) is 6.13. The minimum Gasteiger partial charge on any atom is -0.484 e. The number of amides is 2. The number of nitrogens with zero attached hydrogens (tertiary/aromatic N) is 1. The maximum absolute atomic E-state index is 13.4. The van der Waals surface area contributed by atoms with E-state index in [0.29, 0.717) is 17.2 Å². The molecule has 0 heterocycles. The monoisotopic (exact) mass is 474 g/mol. The van der Waals surface area contributed by atoms with Crippen LogP contribution in [0.15, 0.2) is 36.4 Å². The predicted octanol–water partition coefficient (Wildman–Crippen LogP) is 5.34. The van der Waals surface area contributed by atoms with Gasteiger partial charge in [0.2, 0.25) is 5.91 Å². The average molecular weight is 475 g/mol. The molecule has 0 saturated heterocycles. The Morgan fingerprint density at radius 2 is 1.76 bits per heavy atom. The van der Waals surface area contributed by atoms with E-state index in [1.54, 1.807) is 24.3 Å². The molecule has 1 N–H and O–H groups in total. The van der Waals surface area contributed by atoms with Crippen molar-refractivity contribution in [1.29, 1.82) is 0 Å². The molecule has 0 bridgehead atoms. The number of carbonyl (C=O) groups is 2. The number of benzene rings is 2. The highest BCUT2D eigenvalue weighted by atomic mass is 35.5. The molecule has 1 fully saturated rings. The van der Waals surface area contributed by atoms with Gasteiger partial charge < -0.3 is 15.0 Å². The van der Waals surface area contributed by atoms with Crippen LogP contribution in [0.2, 0.25) is 5.02 Å². The molecule has 1 atom stereocenters. The summed E-state index contributed by atoms with van der Waals surface area (Å²) in [6, 6.07) is 9.06. The fraction of sp³-hybridized carbons (Fsp3) is 0.462. The van der Waals surface area contributed by atoms with Crippen LogP contribution in [0, 0.1) is 19.7 Å². The van der Waals surface area contributed by atoms with E-state index in [1.807, 2.05) is 20.8 Å². The fourth-order valence-electron chi connectivity index (χ4n) is 4.29. The number of nitrogens with one attached hydrogen (secondary N) is 1. The molecule has 5 nitrogen and oxygen atoms in total. The van der Waals surface area contributed by atoms with Gasteiger partial charge in [0.05, 0.1) is 0 Å². The van der Waals surface area contributed by atoms with Crippen molar-refractivity contribution in [2.75, 3.05) is 6.61 Å². The van der Waals surface area contributed by atoms with Gasteiger partial charge in [0, 0.05) is 17.6 Å². The van der Waals surface area contributed by atoms with Crippen LogP contribution in [0.3, 0.4) is 0 Å². The highest BCUT2D eigenvalue weighted by molar-refractivity contribution is 6.32. The molecular weight excluding hydrogens is 443 g/mol. The summed E-state index contributed by atoms with van der Waals surface area (Å²) in [6.07, 6.45) is 4.60. The summed E-state index contributed by atoms with van der Waals surface area (Å²) in [4.78, 5) is 27.9. The summed E-state index contributed by atoms with van der Waals surface area (Å²) in [5.41, 5.74) is 2.48. The summed E-state index contributed by atoms with van der Waals surface area (Å²) < 4.78 is 19.2. The highest BCUT2D eigenvalue weighted by Crippen LogP contribution is 2.26. The molecular formula is C26H32ClFN2O3. The number of rotatable bonds is 9. The first-order valence-electron chi connectivity index (χ1n) is 11.5. The molecule has 0 aromatic heterocycles. The van der Waals surface area contributed by atoms with Crippen molar-refractivity contribution < 1.29 is 18.7 Å². The van der Waals surface area contributed by atoms with Crippen molar-refractivity contribution in [2.24, 2.45) is 0 Å². The van der Waals surface area contributed by atoms with E-state index >= 15 is 0 Å². The number of aryl methyl sites for hydroxylation is 2. The van der Waals surface area contributed by atoms with Crippen molar-refractivity contribution in [3.63, 3.8) is 0 Å². The van der Waals surface area contributed by atoms with Crippen LogP contribution >= 0.6 is 11.6 Å². The summed E-state index contributed by atoms with van der Waals surface area (Å²) in [5, 5.41) is 3.77. The molecule has 1 aliphatic carbocycles. The van der Waals surface area contributed by atoms with Gasteiger partial charge >= 0.3 is 0 Å². The van der Waals surface area contributed by atoms with Gasteiger partial charge in [-0.3, -0.25) is 9.59 Å². The zero-order valence-corrected chi connectivity index (χ0v) is 20.3. The number of ether oxygens (including phenoxy) is 1. The van der Waals surface area contributed by atoms with Gasteiger partial charge in [-0.2, -0.15) is 0 Å². The summed E-state index contributed by atoms with van der Waals surface area (Å²) in [6.45, 7) is 5.62. The number of carbonyl (C=O) groups excluding carboxylic acids is 2. The van der Waals surface area contributed by atoms with Gasteiger partial charge in [0.15, 0.2) is 6.61 Å². The van der Waals surface area contributed by atoms with Crippen LogP contribution in [0.4, 0.5) is 4.39 Å². The second-order valence-electron chi connectivity index (χ2n) is 8.72. The second-order valence-corrected chi connectivity index (χ2v) is 9.10. The molecule has 0 spiro atoms. The Kier molecular flexibility index (Phi) is 8.73. The molecule has 1 saturated carbocycles. The van der Waals surface area contributed by atoms with Crippen LogP contribution in [0.25, 0.3) is 0 Å². The fourth-order valence-corrected chi connectivity index (χ4v) is 4.40. The summed E-state index contributed by atoms with van der Waals surface area (Å²) in [5.74, 6) is -0.261. The zero-order valence-electron chi connectivity index (χ0n) is 19.5. The van der Waals surface area contributed by atoms with Crippen molar-refractivity contribution >= 4 is 23.4 Å². The standard InChI is InChI=1S/C26H32ClFN2O3/c1-4-23(26(32)29-21-7-5-6-8-21)30(15-19-9-11-20(28)12-10-19)24(31)16-33-22-13-17(2)25(27)18(3)14-22/h9-14,21,23H,4-8,15-16H2,1-3H3,(H,29,32)/t23-/m1/s1. The second kappa shape index (κ2) is 11.5. The molecule has 2 amide bonds. The molecule has 1 aliphatic rings. The van der Waals surface area contributed by atoms with E-state index in [9.17, 15) is 14.0 Å². The molecule has 2 aromatic rings. The molecule has 3 rings (SSSR count).